The maximum absolute atomic E-state index is 4.93. The van der Waals surface area contributed by atoms with Crippen molar-refractivity contribution in [2.24, 2.45) is 4.99 Å². The van der Waals surface area contributed by atoms with Gasteiger partial charge in [0.15, 0.2) is 0 Å². The second kappa shape index (κ2) is 5.69. The molecule has 1 aliphatic heterocycles. The molecule has 0 aromatic carbocycles. The van der Waals surface area contributed by atoms with Crippen LogP contribution in [0.1, 0.15) is 0 Å². The van der Waals surface area contributed by atoms with Gasteiger partial charge in [0.2, 0.25) is 5.90 Å². The van der Waals surface area contributed by atoms with E-state index >= 15 is 0 Å². The van der Waals surface area contributed by atoms with Crippen LogP contribution >= 0.6 is 0 Å². The fourth-order valence-corrected chi connectivity index (χ4v) is 0.787. The lowest BCUT2D eigenvalue weighted by Crippen LogP contribution is -1.91. The highest BCUT2D eigenvalue weighted by Crippen LogP contribution is 1.92. The van der Waals surface area contributed by atoms with E-state index in [0.717, 1.165) is 13.2 Å². The molecular formula is C9H12N4O. The number of nitrogens with zero attached hydrogens (tertiary/aromatic N) is 4. The predicted molar refractivity (Wildman–Crippen MR) is 54.9 cm³/mol. The minimum atomic E-state index is 0.681. The van der Waals surface area contributed by atoms with Crippen LogP contribution in [0, 0.1) is 0 Å². The fraction of sp³-hybridized carbons (Fsp3) is 0.222. The van der Waals surface area contributed by atoms with Crippen molar-refractivity contribution in [1.29, 1.82) is 0 Å². The Morgan fingerprint density at radius 2 is 2.36 bits per heavy atom. The summed E-state index contributed by atoms with van der Waals surface area (Å²) in [5.41, 5.74) is 0. The molecule has 1 aromatic heterocycles. The van der Waals surface area contributed by atoms with Crippen LogP contribution in [0.5, 0.6) is 0 Å². The fourth-order valence-electron chi connectivity index (χ4n) is 0.787. The van der Waals surface area contributed by atoms with Gasteiger partial charge in [-0.25, -0.2) is 14.7 Å². The Morgan fingerprint density at radius 3 is 2.64 bits per heavy atom. The van der Waals surface area contributed by atoms with Crippen LogP contribution < -0.4 is 0 Å². The highest BCUT2D eigenvalue weighted by atomic mass is 16.5. The second-order valence-electron chi connectivity index (χ2n) is 2.33. The highest BCUT2D eigenvalue weighted by Gasteiger charge is 1.98. The van der Waals surface area contributed by atoms with Gasteiger partial charge in [0, 0.05) is 6.20 Å². The maximum atomic E-state index is 4.93. The molecule has 0 saturated heterocycles. The molecule has 2 rings (SSSR count). The molecule has 0 fully saturated rings. The first-order valence-corrected chi connectivity index (χ1v) is 4.13. The first-order chi connectivity index (χ1) is 6.86. The van der Waals surface area contributed by atoms with E-state index in [1.54, 1.807) is 18.6 Å². The van der Waals surface area contributed by atoms with Crippen LogP contribution in [-0.2, 0) is 4.74 Å². The molecule has 14 heavy (non-hydrogen) atoms. The van der Waals surface area contributed by atoms with Gasteiger partial charge in [-0.1, -0.05) is 13.2 Å². The molecule has 0 saturated carbocycles. The van der Waals surface area contributed by atoms with Crippen molar-refractivity contribution >= 4 is 12.1 Å². The number of hydrogen-bond acceptors (Lipinski definition) is 4. The smallest absolute Gasteiger partial charge is 0.208 e. The molecule has 0 aliphatic carbocycles. The molecular weight excluding hydrogens is 180 g/mol. The molecule has 0 unspecified atom stereocenters. The van der Waals surface area contributed by atoms with Crippen LogP contribution in [-0.4, -0.2) is 33.8 Å². The third kappa shape index (κ3) is 3.22. The standard InChI is InChI=1S/C5H7NO.C4H5N3/c1-2-5-6-3-4-7-5;1-2-7-4-5-3-6-7/h2H,1,3-4H2;2-4H,1H2. The SMILES string of the molecule is C=CC1=NCCO1.C=Cn1cncn1. The summed E-state index contributed by atoms with van der Waals surface area (Å²) < 4.78 is 6.46. The summed E-state index contributed by atoms with van der Waals surface area (Å²) in [4.78, 5) is 7.60. The minimum absolute atomic E-state index is 0.681. The summed E-state index contributed by atoms with van der Waals surface area (Å²) in [5, 5.41) is 3.72. The lowest BCUT2D eigenvalue weighted by Gasteiger charge is -1.87. The van der Waals surface area contributed by atoms with Crippen LogP contribution in [0.2, 0.25) is 0 Å². The van der Waals surface area contributed by atoms with Crippen LogP contribution in [0.15, 0.2) is 36.9 Å². The monoisotopic (exact) mass is 192 g/mol. The molecule has 0 N–H and O–H groups in total. The van der Waals surface area contributed by atoms with Gasteiger partial charge in [0.05, 0.1) is 6.54 Å². The summed E-state index contributed by atoms with van der Waals surface area (Å²) >= 11 is 0. The van der Waals surface area contributed by atoms with Gasteiger partial charge in [0.25, 0.3) is 0 Å². The molecule has 5 nitrogen and oxygen atoms in total. The Hall–Kier alpha value is -1.91. The molecule has 0 atom stereocenters. The molecule has 0 bridgehead atoms. The summed E-state index contributed by atoms with van der Waals surface area (Å²) in [6, 6.07) is 0. The van der Waals surface area contributed by atoms with Crippen molar-refractivity contribution in [3.05, 3.63) is 31.9 Å². The predicted octanol–water partition coefficient (Wildman–Crippen LogP) is 0.980. The van der Waals surface area contributed by atoms with E-state index < -0.39 is 0 Å². The molecule has 74 valence electrons. The lowest BCUT2D eigenvalue weighted by molar-refractivity contribution is 0.350. The minimum Gasteiger partial charge on any atom is -0.476 e. The summed E-state index contributed by atoms with van der Waals surface area (Å²) in [7, 11) is 0. The van der Waals surface area contributed by atoms with E-state index in [0.29, 0.717) is 5.90 Å². The van der Waals surface area contributed by atoms with E-state index in [-0.39, 0.29) is 0 Å². The Bertz CT molecular complexity index is 316. The molecule has 1 aliphatic rings. The van der Waals surface area contributed by atoms with Crippen molar-refractivity contribution < 1.29 is 4.74 Å². The third-order valence-electron chi connectivity index (χ3n) is 1.41. The molecule has 0 amide bonds. The van der Waals surface area contributed by atoms with Gasteiger partial charge in [-0.15, -0.1) is 0 Å². The Kier molecular flexibility index (Phi) is 4.13. The van der Waals surface area contributed by atoms with Gasteiger partial charge >= 0.3 is 0 Å². The van der Waals surface area contributed by atoms with E-state index in [9.17, 15) is 0 Å². The van der Waals surface area contributed by atoms with Crippen molar-refractivity contribution in [3.63, 3.8) is 0 Å². The second-order valence-corrected chi connectivity index (χ2v) is 2.33. The number of rotatable bonds is 2. The molecule has 0 radical (unpaired) electrons. The lowest BCUT2D eigenvalue weighted by atomic mass is 10.6. The Balaban J connectivity index is 0.000000140. The zero-order valence-corrected chi connectivity index (χ0v) is 7.83. The average molecular weight is 192 g/mol. The number of ether oxygens (including phenoxy) is 1. The first kappa shape index (κ1) is 10.2. The van der Waals surface area contributed by atoms with Gasteiger partial charge < -0.3 is 4.74 Å². The summed E-state index contributed by atoms with van der Waals surface area (Å²) in [6.45, 7) is 8.47. The van der Waals surface area contributed by atoms with Crippen molar-refractivity contribution in [1.82, 2.24) is 14.8 Å². The number of aliphatic imine (C=N–C) groups is 1. The normalized spacial score (nSPS) is 13.3. The van der Waals surface area contributed by atoms with E-state index in [4.69, 9.17) is 4.74 Å². The van der Waals surface area contributed by atoms with E-state index in [1.165, 1.54) is 11.0 Å². The number of hydrogen-bond donors (Lipinski definition) is 0. The van der Waals surface area contributed by atoms with Crippen LogP contribution in [0.4, 0.5) is 0 Å². The van der Waals surface area contributed by atoms with Crippen molar-refractivity contribution in [2.45, 2.75) is 0 Å². The zero-order valence-electron chi connectivity index (χ0n) is 7.83. The van der Waals surface area contributed by atoms with Crippen LogP contribution in [0.3, 0.4) is 0 Å². The molecule has 2 heterocycles. The Morgan fingerprint density at radius 1 is 1.50 bits per heavy atom. The highest BCUT2D eigenvalue weighted by molar-refractivity contribution is 5.87. The topological polar surface area (TPSA) is 52.3 Å². The van der Waals surface area contributed by atoms with E-state index in [1.807, 2.05) is 0 Å². The third-order valence-corrected chi connectivity index (χ3v) is 1.41. The van der Waals surface area contributed by atoms with Gasteiger partial charge in [-0.05, 0) is 6.08 Å². The number of aromatic nitrogens is 3. The summed E-state index contributed by atoms with van der Waals surface area (Å²) in [6.07, 6.45) is 6.23. The molecule has 5 heteroatoms. The van der Waals surface area contributed by atoms with Crippen molar-refractivity contribution in [2.75, 3.05) is 13.2 Å². The Labute approximate surface area is 82.4 Å². The van der Waals surface area contributed by atoms with Gasteiger partial charge in [0.1, 0.15) is 19.3 Å². The largest absolute Gasteiger partial charge is 0.476 e. The maximum Gasteiger partial charge on any atom is 0.208 e. The average Bonchev–Trinajstić information content (AvgIpc) is 2.92. The molecule has 0 spiro atoms. The van der Waals surface area contributed by atoms with Crippen molar-refractivity contribution in [3.8, 4) is 0 Å². The van der Waals surface area contributed by atoms with E-state index in [2.05, 4.69) is 28.2 Å². The molecule has 1 aromatic rings. The first-order valence-electron chi connectivity index (χ1n) is 4.13. The van der Waals surface area contributed by atoms with Gasteiger partial charge in [-0.3, -0.25) is 0 Å². The summed E-state index contributed by atoms with van der Waals surface area (Å²) in [5.74, 6) is 0.681. The van der Waals surface area contributed by atoms with Crippen LogP contribution in [0.25, 0.3) is 6.20 Å². The quantitative estimate of drug-likeness (QED) is 0.701. The zero-order chi connectivity index (χ0) is 10.2. The van der Waals surface area contributed by atoms with Gasteiger partial charge in [-0.2, -0.15) is 5.10 Å².